The van der Waals surface area contributed by atoms with E-state index in [0.29, 0.717) is 17.3 Å². The number of guanidine groups is 1. The van der Waals surface area contributed by atoms with Crippen molar-refractivity contribution < 1.29 is 21.6 Å². The molecule has 0 saturated heterocycles. The van der Waals surface area contributed by atoms with E-state index in [-0.39, 0.29) is 18.2 Å². The fourth-order valence-corrected chi connectivity index (χ4v) is 3.80. The molecule has 3 aromatic rings. The zero-order chi connectivity index (χ0) is 24.1. The van der Waals surface area contributed by atoms with Gasteiger partial charge in [0.2, 0.25) is 5.96 Å². The van der Waals surface area contributed by atoms with E-state index in [1.54, 1.807) is 24.3 Å². The van der Waals surface area contributed by atoms with Crippen molar-refractivity contribution in [3.8, 4) is 6.19 Å². The van der Waals surface area contributed by atoms with Gasteiger partial charge in [-0.2, -0.15) is 18.4 Å². The predicted octanol–water partition coefficient (Wildman–Crippen LogP) is 3.83. The fraction of sp³-hybridized carbons (Fsp3) is 0.0952. The van der Waals surface area contributed by atoms with Crippen LogP contribution in [0.25, 0.3) is 0 Å². The van der Waals surface area contributed by atoms with Crippen LogP contribution in [0.4, 0.5) is 24.5 Å². The molecule has 0 bridgehead atoms. The number of hydrogen-bond donors (Lipinski definition) is 2. The summed E-state index contributed by atoms with van der Waals surface area (Å²) in [5.74, 6) is -0.0435. The monoisotopic (exact) mass is 474 g/mol. The molecule has 0 atom stereocenters. The SMILES string of the molecule is N#CN(Cc1ccc(NS(=O)(=O)c2cccc(C(F)(F)F)c2)cc1)C(N)=Nc1ccncc1. The number of sulfonamides is 1. The molecule has 3 N–H and O–H groups in total. The number of anilines is 1. The zero-order valence-electron chi connectivity index (χ0n) is 16.9. The Morgan fingerprint density at radius 2 is 1.79 bits per heavy atom. The number of alkyl halides is 3. The molecule has 2 aromatic carbocycles. The Balaban J connectivity index is 1.72. The summed E-state index contributed by atoms with van der Waals surface area (Å²) in [5.41, 5.74) is 6.09. The summed E-state index contributed by atoms with van der Waals surface area (Å²) in [7, 11) is -4.24. The molecule has 0 spiro atoms. The molecule has 0 fully saturated rings. The molecule has 3 rings (SSSR count). The maximum atomic E-state index is 12.9. The van der Waals surface area contributed by atoms with Gasteiger partial charge in [0.15, 0.2) is 6.19 Å². The lowest BCUT2D eigenvalue weighted by Gasteiger charge is -2.15. The van der Waals surface area contributed by atoms with Gasteiger partial charge in [-0.15, -0.1) is 0 Å². The van der Waals surface area contributed by atoms with Crippen LogP contribution in [-0.2, 0) is 22.7 Å². The molecular weight excluding hydrogens is 457 g/mol. The van der Waals surface area contributed by atoms with E-state index >= 15 is 0 Å². The van der Waals surface area contributed by atoms with Crippen LogP contribution in [0.5, 0.6) is 0 Å². The van der Waals surface area contributed by atoms with E-state index in [1.807, 2.05) is 6.19 Å². The summed E-state index contributed by atoms with van der Waals surface area (Å²) >= 11 is 0. The minimum atomic E-state index is -4.66. The summed E-state index contributed by atoms with van der Waals surface area (Å²) in [4.78, 5) is 8.63. The normalized spacial score (nSPS) is 12.1. The second-order valence-electron chi connectivity index (χ2n) is 6.69. The highest BCUT2D eigenvalue weighted by molar-refractivity contribution is 7.92. The first kappa shape index (κ1) is 23.6. The number of nitriles is 1. The van der Waals surface area contributed by atoms with Gasteiger partial charge >= 0.3 is 6.18 Å². The number of nitrogens with zero attached hydrogens (tertiary/aromatic N) is 4. The lowest BCUT2D eigenvalue weighted by Crippen LogP contribution is -2.32. The van der Waals surface area contributed by atoms with Crippen LogP contribution >= 0.6 is 0 Å². The molecular formula is C21H17F3N6O2S. The smallest absolute Gasteiger partial charge is 0.369 e. The van der Waals surface area contributed by atoms with Crippen LogP contribution in [0.2, 0.25) is 0 Å². The number of halogens is 3. The minimum Gasteiger partial charge on any atom is -0.369 e. The van der Waals surface area contributed by atoms with Crippen LogP contribution in [0, 0.1) is 11.5 Å². The van der Waals surface area contributed by atoms with Gasteiger partial charge in [0.25, 0.3) is 10.0 Å². The molecule has 0 unspecified atom stereocenters. The summed E-state index contributed by atoms with van der Waals surface area (Å²) < 4.78 is 65.8. The van der Waals surface area contributed by atoms with Crippen molar-refractivity contribution in [2.24, 2.45) is 10.7 Å². The molecule has 1 heterocycles. The van der Waals surface area contributed by atoms with Crippen molar-refractivity contribution in [2.45, 2.75) is 17.6 Å². The van der Waals surface area contributed by atoms with E-state index in [4.69, 9.17) is 5.73 Å². The second kappa shape index (κ2) is 9.58. The highest BCUT2D eigenvalue weighted by Crippen LogP contribution is 2.31. The van der Waals surface area contributed by atoms with Crippen LogP contribution in [-0.4, -0.2) is 24.3 Å². The Kier molecular flexibility index (Phi) is 6.83. The lowest BCUT2D eigenvalue weighted by atomic mass is 10.2. The molecule has 0 aliphatic carbocycles. The number of nitrogens with one attached hydrogen (secondary N) is 1. The third-order valence-corrected chi connectivity index (χ3v) is 5.70. The first-order valence-corrected chi connectivity index (χ1v) is 10.8. The first-order valence-electron chi connectivity index (χ1n) is 9.29. The lowest BCUT2D eigenvalue weighted by molar-refractivity contribution is -0.137. The van der Waals surface area contributed by atoms with Gasteiger partial charge < -0.3 is 5.73 Å². The maximum absolute atomic E-state index is 12.9. The van der Waals surface area contributed by atoms with Gasteiger partial charge in [-0.3, -0.25) is 9.71 Å². The molecule has 0 aliphatic rings. The van der Waals surface area contributed by atoms with Gasteiger partial charge in [0.05, 0.1) is 22.7 Å². The Morgan fingerprint density at radius 3 is 2.39 bits per heavy atom. The van der Waals surface area contributed by atoms with Crippen molar-refractivity contribution in [1.82, 2.24) is 9.88 Å². The largest absolute Gasteiger partial charge is 0.416 e. The third kappa shape index (κ3) is 6.20. The van der Waals surface area contributed by atoms with Crippen LogP contribution in [0.3, 0.4) is 0 Å². The average Bonchev–Trinajstić information content (AvgIpc) is 2.78. The summed E-state index contributed by atoms with van der Waals surface area (Å²) in [6, 6.07) is 12.6. The predicted molar refractivity (Wildman–Crippen MR) is 115 cm³/mol. The molecule has 0 saturated carbocycles. The number of pyridine rings is 1. The molecule has 0 radical (unpaired) electrons. The molecule has 170 valence electrons. The molecule has 0 amide bonds. The Labute approximate surface area is 187 Å². The van der Waals surface area contributed by atoms with Crippen molar-refractivity contribution in [3.63, 3.8) is 0 Å². The van der Waals surface area contributed by atoms with Crippen LogP contribution < -0.4 is 10.5 Å². The quantitative estimate of drug-likeness (QED) is 0.242. The number of hydrogen-bond acceptors (Lipinski definition) is 5. The Hall–Kier alpha value is -4.11. The molecule has 0 aliphatic heterocycles. The van der Waals surface area contributed by atoms with Gasteiger partial charge in [0, 0.05) is 18.1 Å². The number of nitrogens with two attached hydrogens (primary N) is 1. The molecule has 12 heteroatoms. The highest BCUT2D eigenvalue weighted by Gasteiger charge is 2.31. The average molecular weight is 474 g/mol. The summed E-state index contributed by atoms with van der Waals surface area (Å²) in [5, 5.41) is 9.38. The van der Waals surface area contributed by atoms with Gasteiger partial charge in [-0.05, 0) is 48.0 Å². The highest BCUT2D eigenvalue weighted by atomic mass is 32.2. The second-order valence-corrected chi connectivity index (χ2v) is 8.37. The third-order valence-electron chi connectivity index (χ3n) is 4.32. The standard InChI is InChI=1S/C21H17F3N6O2S/c22-21(23,24)16-2-1-3-19(12-16)33(31,32)29-18-6-4-15(5-7-18)13-30(14-25)20(26)28-17-8-10-27-11-9-17/h1-12,29H,13H2,(H2,26,27,28). The zero-order valence-corrected chi connectivity index (χ0v) is 17.7. The van der Waals surface area contributed by atoms with Crippen molar-refractivity contribution >= 4 is 27.4 Å². The van der Waals surface area contributed by atoms with Crippen molar-refractivity contribution in [1.29, 1.82) is 5.26 Å². The number of aromatic nitrogens is 1. The van der Waals surface area contributed by atoms with Crippen molar-refractivity contribution in [3.05, 3.63) is 84.2 Å². The Morgan fingerprint density at radius 1 is 1.12 bits per heavy atom. The van der Waals surface area contributed by atoms with Gasteiger partial charge in [-0.25, -0.2) is 18.3 Å². The van der Waals surface area contributed by atoms with Gasteiger partial charge in [-0.1, -0.05) is 18.2 Å². The fourth-order valence-electron chi connectivity index (χ4n) is 2.69. The Bertz CT molecular complexity index is 1290. The number of benzene rings is 2. The molecule has 1 aromatic heterocycles. The molecule has 8 nitrogen and oxygen atoms in total. The number of rotatable bonds is 6. The number of aliphatic imine (C=N–C) groups is 1. The van der Waals surface area contributed by atoms with Gasteiger partial charge in [0.1, 0.15) is 0 Å². The minimum absolute atomic E-state index is 0.0435. The van der Waals surface area contributed by atoms with E-state index < -0.39 is 26.7 Å². The summed E-state index contributed by atoms with van der Waals surface area (Å²) in [6.45, 7) is 0.0670. The van der Waals surface area contributed by atoms with E-state index in [0.717, 1.165) is 23.1 Å². The van der Waals surface area contributed by atoms with E-state index in [2.05, 4.69) is 14.7 Å². The van der Waals surface area contributed by atoms with Crippen LogP contribution in [0.15, 0.2) is 82.9 Å². The topological polar surface area (TPSA) is 124 Å². The van der Waals surface area contributed by atoms with E-state index in [1.165, 1.54) is 24.5 Å². The van der Waals surface area contributed by atoms with Crippen molar-refractivity contribution in [2.75, 3.05) is 4.72 Å². The maximum Gasteiger partial charge on any atom is 0.416 e. The molecule has 33 heavy (non-hydrogen) atoms. The van der Waals surface area contributed by atoms with Crippen LogP contribution in [0.1, 0.15) is 11.1 Å². The first-order chi connectivity index (χ1) is 15.6. The van der Waals surface area contributed by atoms with E-state index in [9.17, 15) is 26.9 Å². The summed E-state index contributed by atoms with van der Waals surface area (Å²) in [6.07, 6.45) is 0.316.